The second-order valence-corrected chi connectivity index (χ2v) is 3.55. The van der Waals surface area contributed by atoms with Crippen LogP contribution >= 0.6 is 15.9 Å². The summed E-state index contributed by atoms with van der Waals surface area (Å²) < 4.78 is 1.04. The van der Waals surface area contributed by atoms with Crippen molar-refractivity contribution < 1.29 is 0 Å². The zero-order valence-corrected chi connectivity index (χ0v) is 8.80. The molecule has 0 unspecified atom stereocenters. The Morgan fingerprint density at radius 2 is 2.31 bits per heavy atom. The number of nitrogens with zero attached hydrogens (tertiary/aromatic N) is 1. The van der Waals surface area contributed by atoms with Crippen LogP contribution in [0.5, 0.6) is 0 Å². The van der Waals surface area contributed by atoms with E-state index in [1.54, 1.807) is 0 Å². The fourth-order valence-corrected chi connectivity index (χ4v) is 1.22. The molecule has 0 bridgehead atoms. The van der Waals surface area contributed by atoms with Gasteiger partial charge in [-0.2, -0.15) is 5.26 Å². The molecule has 3 heteroatoms. The van der Waals surface area contributed by atoms with Crippen LogP contribution in [-0.4, -0.2) is 0 Å². The zero-order chi connectivity index (χ0) is 9.84. The van der Waals surface area contributed by atoms with Crippen LogP contribution in [0.25, 0.3) is 5.70 Å². The van der Waals surface area contributed by atoms with Crippen molar-refractivity contribution in [2.45, 2.75) is 6.92 Å². The van der Waals surface area contributed by atoms with Crippen LogP contribution in [0.1, 0.15) is 11.1 Å². The molecule has 0 aliphatic carbocycles. The van der Waals surface area contributed by atoms with Gasteiger partial charge in [-0.05, 0) is 30.2 Å². The number of hydrogen-bond donors (Lipinski definition) is 1. The number of hydrogen-bond acceptors (Lipinski definition) is 2. The van der Waals surface area contributed by atoms with E-state index in [1.165, 1.54) is 6.08 Å². The molecule has 0 aliphatic rings. The lowest BCUT2D eigenvalue weighted by molar-refractivity contribution is 1.39. The third kappa shape index (κ3) is 2.33. The molecule has 2 nitrogen and oxygen atoms in total. The van der Waals surface area contributed by atoms with E-state index in [2.05, 4.69) is 15.9 Å². The molecule has 1 rings (SSSR count). The van der Waals surface area contributed by atoms with Crippen LogP contribution in [0.15, 0.2) is 28.7 Å². The number of nitrogens with two attached hydrogens (primary N) is 1. The maximum absolute atomic E-state index is 8.41. The van der Waals surface area contributed by atoms with Gasteiger partial charge in [0.15, 0.2) is 0 Å². The van der Waals surface area contributed by atoms with Gasteiger partial charge in [-0.1, -0.05) is 22.0 Å². The van der Waals surface area contributed by atoms with Crippen molar-refractivity contribution in [3.63, 3.8) is 0 Å². The van der Waals surface area contributed by atoms with Crippen LogP contribution < -0.4 is 5.73 Å². The van der Waals surface area contributed by atoms with Crippen LogP contribution in [0.3, 0.4) is 0 Å². The third-order valence-electron chi connectivity index (χ3n) is 1.71. The molecule has 1 aromatic rings. The predicted octanol–water partition coefficient (Wildman–Crippen LogP) is 2.58. The lowest BCUT2D eigenvalue weighted by atomic mass is 10.1. The molecule has 0 atom stereocenters. The summed E-state index contributed by atoms with van der Waals surface area (Å²) in [6, 6.07) is 7.63. The number of allylic oxidation sites excluding steroid dienone is 1. The average Bonchev–Trinajstić information content (AvgIpc) is 2.10. The molecule has 0 fully saturated rings. The largest absolute Gasteiger partial charge is 0.398 e. The lowest BCUT2D eigenvalue weighted by Gasteiger charge is -2.02. The summed E-state index contributed by atoms with van der Waals surface area (Å²) in [5.41, 5.74) is 8.13. The number of halogens is 1. The first-order valence-corrected chi connectivity index (χ1v) is 4.56. The van der Waals surface area contributed by atoms with Crippen LogP contribution in [0.4, 0.5) is 0 Å². The highest BCUT2D eigenvalue weighted by Crippen LogP contribution is 2.19. The van der Waals surface area contributed by atoms with Crippen molar-refractivity contribution in [3.8, 4) is 6.07 Å². The Hall–Kier alpha value is -1.27. The van der Waals surface area contributed by atoms with Gasteiger partial charge in [0.05, 0.1) is 6.07 Å². The second-order valence-electron chi connectivity index (χ2n) is 2.69. The summed E-state index contributed by atoms with van der Waals surface area (Å²) in [6.45, 7) is 1.98. The van der Waals surface area contributed by atoms with Crippen LogP contribution in [0, 0.1) is 18.3 Å². The minimum atomic E-state index is 0.498. The van der Waals surface area contributed by atoms with E-state index in [4.69, 9.17) is 11.0 Å². The van der Waals surface area contributed by atoms with Crippen molar-refractivity contribution in [2.75, 3.05) is 0 Å². The number of benzene rings is 1. The minimum Gasteiger partial charge on any atom is -0.398 e. The molecular formula is C10H9BrN2. The minimum absolute atomic E-state index is 0.498. The van der Waals surface area contributed by atoms with Gasteiger partial charge in [0.2, 0.25) is 0 Å². The predicted molar refractivity (Wildman–Crippen MR) is 56.7 cm³/mol. The number of nitriles is 1. The Morgan fingerprint density at radius 1 is 1.62 bits per heavy atom. The Bertz CT molecular complexity index is 388. The molecule has 0 radical (unpaired) electrons. The molecule has 13 heavy (non-hydrogen) atoms. The van der Waals surface area contributed by atoms with Gasteiger partial charge in [0.1, 0.15) is 0 Å². The summed E-state index contributed by atoms with van der Waals surface area (Å²) >= 11 is 3.39. The highest BCUT2D eigenvalue weighted by Gasteiger charge is 1.98. The Balaban J connectivity index is 3.13. The summed E-state index contributed by atoms with van der Waals surface area (Å²) in [7, 11) is 0. The summed E-state index contributed by atoms with van der Waals surface area (Å²) in [6.07, 6.45) is 1.34. The first-order valence-electron chi connectivity index (χ1n) is 3.77. The third-order valence-corrected chi connectivity index (χ3v) is 2.60. The molecule has 0 aromatic heterocycles. The normalized spacial score (nSPS) is 11.0. The highest BCUT2D eigenvalue weighted by atomic mass is 79.9. The first kappa shape index (κ1) is 9.82. The molecule has 0 saturated heterocycles. The van der Waals surface area contributed by atoms with Crippen LogP contribution in [0.2, 0.25) is 0 Å². The van der Waals surface area contributed by atoms with Crippen molar-refractivity contribution in [3.05, 3.63) is 39.9 Å². The number of rotatable bonds is 1. The molecule has 0 aliphatic heterocycles. The van der Waals surface area contributed by atoms with Crippen molar-refractivity contribution >= 4 is 21.6 Å². The standard InChI is InChI=1S/C10H9BrN2/c1-7-6-8(2-3-9(7)11)10(13)4-5-12/h2-4,6H,13H2,1H3/b10-4-. The van der Waals surface area contributed by atoms with Gasteiger partial charge in [0.25, 0.3) is 0 Å². The summed E-state index contributed by atoms with van der Waals surface area (Å²) in [5.74, 6) is 0. The van der Waals surface area contributed by atoms with E-state index in [0.29, 0.717) is 5.70 Å². The van der Waals surface area contributed by atoms with Crippen molar-refractivity contribution in [1.29, 1.82) is 5.26 Å². The van der Waals surface area contributed by atoms with Gasteiger partial charge >= 0.3 is 0 Å². The molecule has 0 spiro atoms. The van der Waals surface area contributed by atoms with Crippen molar-refractivity contribution in [2.24, 2.45) is 5.73 Å². The van der Waals surface area contributed by atoms with E-state index in [0.717, 1.165) is 15.6 Å². The zero-order valence-electron chi connectivity index (χ0n) is 7.21. The van der Waals surface area contributed by atoms with Gasteiger partial charge in [-0.3, -0.25) is 0 Å². The van der Waals surface area contributed by atoms with E-state index in [1.807, 2.05) is 31.2 Å². The Kier molecular flexibility index (Phi) is 3.10. The molecule has 0 saturated carbocycles. The van der Waals surface area contributed by atoms with Gasteiger partial charge in [-0.25, -0.2) is 0 Å². The first-order chi connectivity index (χ1) is 6.15. The van der Waals surface area contributed by atoms with E-state index in [9.17, 15) is 0 Å². The van der Waals surface area contributed by atoms with Crippen molar-refractivity contribution in [1.82, 2.24) is 0 Å². The van der Waals surface area contributed by atoms with Gasteiger partial charge in [0, 0.05) is 16.2 Å². The van der Waals surface area contributed by atoms with E-state index >= 15 is 0 Å². The lowest BCUT2D eigenvalue weighted by Crippen LogP contribution is -1.96. The SMILES string of the molecule is Cc1cc(/C(N)=C/C#N)ccc1Br. The monoisotopic (exact) mass is 236 g/mol. The molecule has 0 amide bonds. The Morgan fingerprint density at radius 3 is 2.85 bits per heavy atom. The topological polar surface area (TPSA) is 49.8 Å². The average molecular weight is 237 g/mol. The molecular weight excluding hydrogens is 228 g/mol. The van der Waals surface area contributed by atoms with E-state index in [-0.39, 0.29) is 0 Å². The summed E-state index contributed by atoms with van der Waals surface area (Å²) in [5, 5.41) is 8.41. The quantitative estimate of drug-likeness (QED) is 0.763. The maximum atomic E-state index is 8.41. The molecule has 66 valence electrons. The Labute approximate surface area is 85.8 Å². The second kappa shape index (κ2) is 4.11. The fourth-order valence-electron chi connectivity index (χ4n) is 0.977. The molecule has 1 aromatic carbocycles. The van der Waals surface area contributed by atoms with E-state index < -0.39 is 0 Å². The highest BCUT2D eigenvalue weighted by molar-refractivity contribution is 9.10. The molecule has 2 N–H and O–H groups in total. The number of aryl methyl sites for hydroxylation is 1. The smallest absolute Gasteiger partial charge is 0.0933 e. The maximum Gasteiger partial charge on any atom is 0.0933 e. The molecule has 0 heterocycles. The summed E-state index contributed by atoms with van der Waals surface area (Å²) in [4.78, 5) is 0. The fraction of sp³-hybridized carbons (Fsp3) is 0.100. The van der Waals surface area contributed by atoms with Gasteiger partial charge in [-0.15, -0.1) is 0 Å². The van der Waals surface area contributed by atoms with Gasteiger partial charge < -0.3 is 5.73 Å². The van der Waals surface area contributed by atoms with Crippen LogP contribution in [-0.2, 0) is 0 Å².